The van der Waals surface area contributed by atoms with E-state index >= 15 is 0 Å². The maximum atomic E-state index is 13.0. The van der Waals surface area contributed by atoms with Gasteiger partial charge >= 0.3 is 0 Å². The lowest BCUT2D eigenvalue weighted by Gasteiger charge is -2.44. The number of hydrogen-bond acceptors (Lipinski definition) is 2. The lowest BCUT2D eigenvalue weighted by atomic mass is 9.69. The summed E-state index contributed by atoms with van der Waals surface area (Å²) in [6.45, 7) is 5.10. The highest BCUT2D eigenvalue weighted by atomic mass is 16.2. The van der Waals surface area contributed by atoms with E-state index in [1.54, 1.807) is 0 Å². The number of rotatable bonds is 3. The Bertz CT molecular complexity index is 334. The van der Waals surface area contributed by atoms with Crippen molar-refractivity contribution in [2.45, 2.75) is 71.3 Å². The molecule has 0 radical (unpaired) electrons. The average Bonchev–Trinajstić information content (AvgIpc) is 2.47. The summed E-state index contributed by atoms with van der Waals surface area (Å²) in [5.41, 5.74) is 5.77. The highest BCUT2D eigenvalue weighted by Crippen LogP contribution is 2.40. The van der Waals surface area contributed by atoms with E-state index < -0.39 is 0 Å². The largest absolute Gasteiger partial charge is 0.342 e. The van der Waals surface area contributed by atoms with Gasteiger partial charge in [0.25, 0.3) is 0 Å². The van der Waals surface area contributed by atoms with Gasteiger partial charge in [-0.15, -0.1) is 0 Å². The number of amides is 1. The molecule has 116 valence electrons. The molecule has 0 bridgehead atoms. The number of nitrogens with zero attached hydrogens (tertiary/aromatic N) is 1. The summed E-state index contributed by atoms with van der Waals surface area (Å²) >= 11 is 0. The Morgan fingerprint density at radius 2 is 1.75 bits per heavy atom. The van der Waals surface area contributed by atoms with Crippen LogP contribution in [0.25, 0.3) is 0 Å². The van der Waals surface area contributed by atoms with Crippen molar-refractivity contribution in [2.75, 3.05) is 13.6 Å². The Balaban J connectivity index is 2.07. The zero-order valence-corrected chi connectivity index (χ0v) is 13.5. The van der Waals surface area contributed by atoms with Crippen LogP contribution in [0.4, 0.5) is 0 Å². The van der Waals surface area contributed by atoms with Gasteiger partial charge < -0.3 is 10.6 Å². The van der Waals surface area contributed by atoms with Crippen LogP contribution in [0.2, 0.25) is 0 Å². The van der Waals surface area contributed by atoms with Crippen molar-refractivity contribution in [3.05, 3.63) is 0 Å². The Kier molecular flexibility index (Phi) is 5.11. The third-order valence-corrected chi connectivity index (χ3v) is 5.96. The maximum absolute atomic E-state index is 13.0. The van der Waals surface area contributed by atoms with Crippen molar-refractivity contribution in [2.24, 2.45) is 23.0 Å². The molecule has 2 aliphatic rings. The number of carbonyl (C=O) groups is 1. The fraction of sp³-hybridized carbons (Fsp3) is 0.941. The molecule has 0 saturated heterocycles. The van der Waals surface area contributed by atoms with Gasteiger partial charge in [0.15, 0.2) is 0 Å². The lowest BCUT2D eigenvalue weighted by molar-refractivity contribution is -0.146. The van der Waals surface area contributed by atoms with Crippen LogP contribution in [-0.2, 0) is 4.79 Å². The van der Waals surface area contributed by atoms with E-state index in [0.29, 0.717) is 24.4 Å². The minimum Gasteiger partial charge on any atom is -0.342 e. The van der Waals surface area contributed by atoms with Crippen molar-refractivity contribution < 1.29 is 4.79 Å². The molecule has 2 fully saturated rings. The molecule has 0 heterocycles. The van der Waals surface area contributed by atoms with Gasteiger partial charge in [-0.05, 0) is 50.4 Å². The first-order valence-electron chi connectivity index (χ1n) is 8.47. The molecule has 2 rings (SSSR count). The molecule has 0 aliphatic heterocycles. The van der Waals surface area contributed by atoms with Crippen molar-refractivity contribution in [3.63, 3.8) is 0 Å². The molecule has 3 heteroatoms. The maximum Gasteiger partial charge on any atom is 0.230 e. The van der Waals surface area contributed by atoms with E-state index in [1.807, 2.05) is 7.05 Å². The first kappa shape index (κ1) is 15.8. The van der Waals surface area contributed by atoms with Crippen LogP contribution in [0.3, 0.4) is 0 Å². The van der Waals surface area contributed by atoms with Crippen LogP contribution in [-0.4, -0.2) is 30.4 Å². The zero-order chi connectivity index (χ0) is 14.8. The monoisotopic (exact) mass is 280 g/mol. The minimum absolute atomic E-state index is 0.265. The van der Waals surface area contributed by atoms with Gasteiger partial charge in [-0.1, -0.05) is 26.7 Å². The molecule has 0 spiro atoms. The number of nitrogens with two attached hydrogens (primary N) is 1. The summed E-state index contributed by atoms with van der Waals surface area (Å²) in [5.74, 6) is 1.71. The van der Waals surface area contributed by atoms with Crippen molar-refractivity contribution in [3.8, 4) is 0 Å². The normalized spacial score (nSPS) is 38.5. The fourth-order valence-corrected chi connectivity index (χ4v) is 4.22. The van der Waals surface area contributed by atoms with E-state index in [-0.39, 0.29) is 5.41 Å². The molecule has 2 N–H and O–H groups in total. The Morgan fingerprint density at radius 1 is 1.15 bits per heavy atom. The second kappa shape index (κ2) is 6.46. The average molecular weight is 280 g/mol. The van der Waals surface area contributed by atoms with E-state index in [2.05, 4.69) is 18.7 Å². The second-order valence-electron chi connectivity index (χ2n) is 7.41. The van der Waals surface area contributed by atoms with Crippen LogP contribution < -0.4 is 5.73 Å². The predicted molar refractivity (Wildman–Crippen MR) is 83.3 cm³/mol. The Morgan fingerprint density at radius 3 is 2.30 bits per heavy atom. The molecule has 2 atom stereocenters. The molecule has 0 aromatic rings. The van der Waals surface area contributed by atoms with Crippen LogP contribution in [0.15, 0.2) is 0 Å². The van der Waals surface area contributed by atoms with Gasteiger partial charge in [0.2, 0.25) is 5.91 Å². The van der Waals surface area contributed by atoms with Gasteiger partial charge in [-0.3, -0.25) is 4.79 Å². The second-order valence-corrected chi connectivity index (χ2v) is 7.41. The van der Waals surface area contributed by atoms with Gasteiger partial charge in [-0.2, -0.15) is 0 Å². The summed E-state index contributed by atoms with van der Waals surface area (Å²) in [6, 6.07) is 0.430. The van der Waals surface area contributed by atoms with Crippen molar-refractivity contribution in [1.82, 2.24) is 4.90 Å². The molecular formula is C17H32N2O. The van der Waals surface area contributed by atoms with Crippen LogP contribution in [0, 0.1) is 17.3 Å². The van der Waals surface area contributed by atoms with Gasteiger partial charge in [0.1, 0.15) is 0 Å². The smallest absolute Gasteiger partial charge is 0.230 e. The molecule has 0 aromatic heterocycles. The van der Waals surface area contributed by atoms with Crippen LogP contribution in [0.5, 0.6) is 0 Å². The molecule has 2 aliphatic carbocycles. The summed E-state index contributed by atoms with van der Waals surface area (Å²) in [5, 5.41) is 0. The predicted octanol–water partition coefficient (Wildman–Crippen LogP) is 3.18. The Hall–Kier alpha value is -0.570. The van der Waals surface area contributed by atoms with Crippen molar-refractivity contribution >= 4 is 5.91 Å². The number of hydrogen-bond donors (Lipinski definition) is 1. The van der Waals surface area contributed by atoms with E-state index in [1.165, 1.54) is 25.7 Å². The van der Waals surface area contributed by atoms with E-state index in [9.17, 15) is 4.79 Å². The molecular weight excluding hydrogens is 248 g/mol. The topological polar surface area (TPSA) is 46.3 Å². The lowest BCUT2D eigenvalue weighted by Crippen LogP contribution is -2.53. The fourth-order valence-electron chi connectivity index (χ4n) is 4.22. The highest BCUT2D eigenvalue weighted by molar-refractivity contribution is 5.83. The quantitative estimate of drug-likeness (QED) is 0.863. The molecule has 1 amide bonds. The van der Waals surface area contributed by atoms with Crippen LogP contribution in [0.1, 0.15) is 65.2 Å². The van der Waals surface area contributed by atoms with Crippen molar-refractivity contribution in [1.29, 1.82) is 0 Å². The van der Waals surface area contributed by atoms with E-state index in [4.69, 9.17) is 5.73 Å². The third kappa shape index (κ3) is 3.03. The molecule has 0 aromatic carbocycles. The van der Waals surface area contributed by atoms with E-state index in [0.717, 1.165) is 31.6 Å². The Labute approximate surface area is 124 Å². The molecule has 3 nitrogen and oxygen atoms in total. The molecule has 2 unspecified atom stereocenters. The standard InChI is InChI=1S/C17H32N2O/c1-13-8-10-17(12-18,11-9-13)16(20)19(3)15-7-5-4-6-14(15)2/h13-15H,4-12,18H2,1-3H3. The molecule has 20 heavy (non-hydrogen) atoms. The summed E-state index contributed by atoms with van der Waals surface area (Å²) in [6.07, 6.45) is 9.27. The summed E-state index contributed by atoms with van der Waals surface area (Å²) < 4.78 is 0. The zero-order valence-electron chi connectivity index (χ0n) is 13.5. The van der Waals surface area contributed by atoms with Gasteiger partial charge in [0.05, 0.1) is 5.41 Å². The SMILES string of the molecule is CC1CCC(CN)(C(=O)N(C)C2CCCCC2C)CC1. The number of carbonyl (C=O) groups excluding carboxylic acids is 1. The summed E-state index contributed by atoms with van der Waals surface area (Å²) in [7, 11) is 2.02. The first-order chi connectivity index (χ1) is 9.50. The van der Waals surface area contributed by atoms with Crippen LogP contribution >= 0.6 is 0 Å². The summed E-state index contributed by atoms with van der Waals surface area (Å²) in [4.78, 5) is 15.1. The van der Waals surface area contributed by atoms with Gasteiger partial charge in [0, 0.05) is 19.6 Å². The molecule has 2 saturated carbocycles. The third-order valence-electron chi connectivity index (χ3n) is 5.96. The van der Waals surface area contributed by atoms with Gasteiger partial charge in [-0.25, -0.2) is 0 Å². The first-order valence-corrected chi connectivity index (χ1v) is 8.47. The highest BCUT2D eigenvalue weighted by Gasteiger charge is 2.43. The minimum atomic E-state index is -0.265.